The average Bonchev–Trinajstić information content (AvgIpc) is 2.41. The second-order valence-corrected chi connectivity index (χ2v) is 7.42. The van der Waals surface area contributed by atoms with Crippen molar-refractivity contribution in [1.29, 1.82) is 0 Å². The van der Waals surface area contributed by atoms with E-state index in [2.05, 4.69) is 0 Å². The lowest BCUT2D eigenvalue weighted by Gasteiger charge is -2.33. The molecule has 0 unspecified atom stereocenters. The summed E-state index contributed by atoms with van der Waals surface area (Å²) in [5.41, 5.74) is 0.757. The first kappa shape index (κ1) is 16.2. The highest BCUT2D eigenvalue weighted by atomic mass is 35.5. The van der Waals surface area contributed by atoms with E-state index in [9.17, 15) is 18.3 Å². The molecule has 1 aromatic rings. The molecule has 8 heteroatoms. The van der Waals surface area contributed by atoms with Crippen LogP contribution in [0, 0.1) is 12.8 Å². The molecule has 1 heterocycles. The second kappa shape index (κ2) is 5.92. The number of aliphatic carboxylic acids is 1. The van der Waals surface area contributed by atoms with Gasteiger partial charge in [-0.25, -0.2) is 8.42 Å². The molecule has 0 spiro atoms. The number of hydrogen-bond donors (Lipinski definition) is 2. The van der Waals surface area contributed by atoms with E-state index in [0.29, 0.717) is 5.02 Å². The number of rotatable bonds is 3. The molecule has 1 aromatic carbocycles. The lowest BCUT2D eigenvalue weighted by Crippen LogP contribution is -2.48. The third-order valence-corrected chi connectivity index (χ3v) is 5.91. The molecule has 0 bridgehead atoms. The maximum Gasteiger partial charge on any atom is 0.310 e. The molecule has 6 nitrogen and oxygen atoms in total. The minimum Gasteiger partial charge on any atom is -0.481 e. The van der Waals surface area contributed by atoms with E-state index < -0.39 is 28.0 Å². The van der Waals surface area contributed by atoms with Gasteiger partial charge in [-0.05, 0) is 31.0 Å². The van der Waals surface area contributed by atoms with Crippen molar-refractivity contribution in [2.45, 2.75) is 24.3 Å². The molecular weight excluding hydrogens is 318 g/mol. The summed E-state index contributed by atoms with van der Waals surface area (Å²) in [6.45, 7) is 1.60. The number of piperidine rings is 1. The number of benzene rings is 1. The highest BCUT2D eigenvalue weighted by Gasteiger charge is 2.38. The van der Waals surface area contributed by atoms with Crippen molar-refractivity contribution in [3.8, 4) is 0 Å². The van der Waals surface area contributed by atoms with E-state index in [0.717, 1.165) is 9.87 Å². The summed E-state index contributed by atoms with van der Waals surface area (Å²) in [4.78, 5) is 11.1. The smallest absolute Gasteiger partial charge is 0.310 e. The van der Waals surface area contributed by atoms with Crippen LogP contribution >= 0.6 is 11.6 Å². The SMILES string of the molecule is Cc1ccc(S(=O)(=O)N2CC[C@H](O)[C@@H](C(=O)O)C2)cc1Cl. The van der Waals surface area contributed by atoms with Crippen LogP contribution in [0.2, 0.25) is 5.02 Å². The molecule has 1 aliphatic heterocycles. The Hall–Kier alpha value is -1.15. The van der Waals surface area contributed by atoms with Gasteiger partial charge in [0.25, 0.3) is 0 Å². The quantitative estimate of drug-likeness (QED) is 0.863. The van der Waals surface area contributed by atoms with E-state index in [-0.39, 0.29) is 24.4 Å². The summed E-state index contributed by atoms with van der Waals surface area (Å²) in [6.07, 6.45) is -0.939. The molecule has 1 fully saturated rings. The topological polar surface area (TPSA) is 94.9 Å². The molecule has 0 aliphatic carbocycles. The predicted molar refractivity (Wildman–Crippen MR) is 76.7 cm³/mol. The number of carboxylic acid groups (broad SMARTS) is 1. The minimum atomic E-state index is -3.82. The summed E-state index contributed by atoms with van der Waals surface area (Å²) >= 11 is 5.94. The maximum absolute atomic E-state index is 12.5. The van der Waals surface area contributed by atoms with Crippen LogP contribution in [0.25, 0.3) is 0 Å². The zero-order chi connectivity index (χ0) is 15.8. The Morgan fingerprint density at radius 1 is 1.43 bits per heavy atom. The third-order valence-electron chi connectivity index (χ3n) is 3.64. The highest BCUT2D eigenvalue weighted by molar-refractivity contribution is 7.89. The standard InChI is InChI=1S/C13H16ClNO5S/c1-8-2-3-9(6-11(8)14)21(19,20)15-5-4-12(16)10(7-15)13(17)18/h2-3,6,10,12,16H,4-5,7H2,1H3,(H,17,18)/t10-,12-/m0/s1. The van der Waals surface area contributed by atoms with Crippen molar-refractivity contribution in [2.75, 3.05) is 13.1 Å². The summed E-state index contributed by atoms with van der Waals surface area (Å²) in [5, 5.41) is 19.0. The number of halogens is 1. The van der Waals surface area contributed by atoms with Crippen molar-refractivity contribution in [2.24, 2.45) is 5.92 Å². The van der Waals surface area contributed by atoms with Crippen molar-refractivity contribution >= 4 is 27.6 Å². The molecule has 116 valence electrons. The summed E-state index contributed by atoms with van der Waals surface area (Å²) in [5.74, 6) is -2.32. The number of aryl methyl sites for hydroxylation is 1. The van der Waals surface area contributed by atoms with Crippen LogP contribution in [-0.4, -0.2) is 48.1 Å². The molecule has 0 aromatic heterocycles. The number of aliphatic hydroxyl groups is 1. The zero-order valence-electron chi connectivity index (χ0n) is 11.4. The molecular formula is C13H16ClNO5S. The van der Waals surface area contributed by atoms with E-state index >= 15 is 0 Å². The van der Waals surface area contributed by atoms with Gasteiger partial charge >= 0.3 is 5.97 Å². The summed E-state index contributed by atoms with van der Waals surface area (Å²) in [7, 11) is -3.82. The Bertz CT molecular complexity index is 661. The first-order valence-electron chi connectivity index (χ1n) is 6.40. The second-order valence-electron chi connectivity index (χ2n) is 5.07. The lowest BCUT2D eigenvalue weighted by molar-refractivity contribution is -0.147. The number of sulfonamides is 1. The fourth-order valence-electron chi connectivity index (χ4n) is 2.25. The molecule has 2 N–H and O–H groups in total. The van der Waals surface area contributed by atoms with E-state index in [1.165, 1.54) is 12.1 Å². The maximum atomic E-state index is 12.5. The van der Waals surface area contributed by atoms with Crippen molar-refractivity contribution < 1.29 is 23.4 Å². The van der Waals surface area contributed by atoms with Crippen LogP contribution in [0.4, 0.5) is 0 Å². The fourth-order valence-corrected chi connectivity index (χ4v) is 4.01. The minimum absolute atomic E-state index is 0.0265. The summed E-state index contributed by atoms with van der Waals surface area (Å²) in [6, 6.07) is 4.40. The van der Waals surface area contributed by atoms with Gasteiger partial charge < -0.3 is 10.2 Å². The third kappa shape index (κ3) is 3.21. The predicted octanol–water partition coefficient (Wildman–Crippen LogP) is 1.10. The van der Waals surface area contributed by atoms with E-state index in [4.69, 9.17) is 16.7 Å². The van der Waals surface area contributed by atoms with Gasteiger partial charge in [0.2, 0.25) is 10.0 Å². The van der Waals surface area contributed by atoms with Crippen LogP contribution in [-0.2, 0) is 14.8 Å². The number of aliphatic hydroxyl groups excluding tert-OH is 1. The number of hydrogen-bond acceptors (Lipinski definition) is 4. The largest absolute Gasteiger partial charge is 0.481 e. The average molecular weight is 334 g/mol. The van der Waals surface area contributed by atoms with Gasteiger partial charge in [0.05, 0.1) is 16.9 Å². The Balaban J connectivity index is 2.31. The van der Waals surface area contributed by atoms with E-state index in [1.54, 1.807) is 13.0 Å². The van der Waals surface area contributed by atoms with Gasteiger partial charge in [-0.15, -0.1) is 0 Å². The Morgan fingerprint density at radius 2 is 2.10 bits per heavy atom. The monoisotopic (exact) mass is 333 g/mol. The molecule has 1 saturated heterocycles. The van der Waals surface area contributed by atoms with E-state index in [1.807, 2.05) is 0 Å². The van der Waals surface area contributed by atoms with Crippen LogP contribution in [0.5, 0.6) is 0 Å². The molecule has 0 radical (unpaired) electrons. The van der Waals surface area contributed by atoms with Gasteiger partial charge in [0.1, 0.15) is 0 Å². The molecule has 2 atom stereocenters. The van der Waals surface area contributed by atoms with Crippen LogP contribution < -0.4 is 0 Å². The molecule has 0 amide bonds. The Morgan fingerprint density at radius 3 is 2.67 bits per heavy atom. The Labute approximate surface area is 128 Å². The van der Waals surface area contributed by atoms with Gasteiger partial charge in [-0.1, -0.05) is 17.7 Å². The molecule has 21 heavy (non-hydrogen) atoms. The van der Waals surface area contributed by atoms with Gasteiger partial charge in [-0.2, -0.15) is 4.31 Å². The number of carbonyl (C=O) groups is 1. The highest BCUT2D eigenvalue weighted by Crippen LogP contribution is 2.27. The van der Waals surface area contributed by atoms with Gasteiger partial charge in [0.15, 0.2) is 0 Å². The van der Waals surface area contributed by atoms with Crippen molar-refractivity contribution in [3.63, 3.8) is 0 Å². The zero-order valence-corrected chi connectivity index (χ0v) is 12.9. The first-order chi connectivity index (χ1) is 9.73. The van der Waals surface area contributed by atoms with Crippen molar-refractivity contribution in [3.05, 3.63) is 28.8 Å². The van der Waals surface area contributed by atoms with Crippen LogP contribution in [0.15, 0.2) is 23.1 Å². The fraction of sp³-hybridized carbons (Fsp3) is 0.462. The molecule has 1 aliphatic rings. The van der Waals surface area contributed by atoms with Crippen LogP contribution in [0.3, 0.4) is 0 Å². The van der Waals surface area contributed by atoms with Crippen molar-refractivity contribution in [1.82, 2.24) is 4.31 Å². The Kier molecular flexibility index (Phi) is 4.57. The van der Waals surface area contributed by atoms with Gasteiger partial charge in [0, 0.05) is 18.1 Å². The van der Waals surface area contributed by atoms with Gasteiger partial charge in [-0.3, -0.25) is 4.79 Å². The first-order valence-corrected chi connectivity index (χ1v) is 8.22. The number of carboxylic acids is 1. The summed E-state index contributed by atoms with van der Waals surface area (Å²) < 4.78 is 26.1. The molecule has 0 saturated carbocycles. The molecule has 2 rings (SSSR count). The lowest BCUT2D eigenvalue weighted by atomic mass is 9.96. The number of nitrogens with zero attached hydrogens (tertiary/aromatic N) is 1. The normalized spacial score (nSPS) is 24.0. The van der Waals surface area contributed by atoms with Crippen LogP contribution in [0.1, 0.15) is 12.0 Å².